The summed E-state index contributed by atoms with van der Waals surface area (Å²) in [5, 5.41) is 8.51. The number of hydrogen-bond donors (Lipinski definition) is 1. The van der Waals surface area contributed by atoms with E-state index >= 15 is 0 Å². The molecule has 0 spiro atoms. The van der Waals surface area contributed by atoms with Crippen molar-refractivity contribution in [2.75, 3.05) is 0 Å². The Bertz CT molecular complexity index is 849. The van der Waals surface area contributed by atoms with Crippen molar-refractivity contribution in [2.45, 2.75) is 58.2 Å². The highest BCUT2D eigenvalue weighted by Gasteiger charge is 2.25. The van der Waals surface area contributed by atoms with E-state index in [2.05, 4.69) is 14.9 Å². The maximum absolute atomic E-state index is 12.7. The van der Waals surface area contributed by atoms with E-state index in [-0.39, 0.29) is 11.0 Å². The van der Waals surface area contributed by atoms with Gasteiger partial charge in [0.2, 0.25) is 10.0 Å². The van der Waals surface area contributed by atoms with Crippen LogP contribution < -0.4 is 9.46 Å². The average molecular weight is 387 g/mol. The zero-order chi connectivity index (χ0) is 18.8. The van der Waals surface area contributed by atoms with Crippen molar-refractivity contribution in [3.63, 3.8) is 0 Å². The summed E-state index contributed by atoms with van der Waals surface area (Å²) >= 11 is 6.04. The van der Waals surface area contributed by atoms with Gasteiger partial charge in [-0.15, -0.1) is 5.10 Å². The highest BCUT2D eigenvalue weighted by molar-refractivity contribution is 7.89. The molecule has 1 heterocycles. The molecule has 0 saturated carbocycles. The molecule has 1 aromatic carbocycles. The molecule has 0 aliphatic heterocycles. The zero-order valence-corrected chi connectivity index (χ0v) is 16.5. The summed E-state index contributed by atoms with van der Waals surface area (Å²) in [6, 6.07) is 4.58. The number of benzene rings is 1. The van der Waals surface area contributed by atoms with Crippen LogP contribution in [-0.2, 0) is 16.6 Å². The molecule has 1 N–H and O–H groups in total. The number of nitrogens with zero attached hydrogens (tertiary/aromatic N) is 3. The molecule has 0 aliphatic rings. The number of nitrogens with one attached hydrogen (secondary N) is 1. The Balaban J connectivity index is 2.31. The summed E-state index contributed by atoms with van der Waals surface area (Å²) in [5.74, 6) is 0.487. The van der Waals surface area contributed by atoms with Gasteiger partial charge in [0.25, 0.3) is 0 Å². The molecule has 25 heavy (non-hydrogen) atoms. The molecule has 0 unspecified atom stereocenters. The van der Waals surface area contributed by atoms with Crippen LogP contribution in [0.2, 0.25) is 5.02 Å². The van der Waals surface area contributed by atoms with E-state index in [9.17, 15) is 8.42 Å². The van der Waals surface area contributed by atoms with E-state index in [0.29, 0.717) is 29.0 Å². The van der Waals surface area contributed by atoms with Crippen LogP contribution in [0.15, 0.2) is 23.1 Å². The highest BCUT2D eigenvalue weighted by Crippen LogP contribution is 2.25. The first-order valence-corrected chi connectivity index (χ1v) is 9.90. The minimum absolute atomic E-state index is 0.0524. The summed E-state index contributed by atoms with van der Waals surface area (Å²) in [4.78, 5) is 0.146. The maximum Gasteiger partial charge on any atom is 0.317 e. The molecule has 1 aromatic heterocycles. The summed E-state index contributed by atoms with van der Waals surface area (Å²) < 4.78 is 35.4. The first-order chi connectivity index (χ1) is 11.7. The van der Waals surface area contributed by atoms with Crippen molar-refractivity contribution in [2.24, 2.45) is 0 Å². The lowest BCUT2D eigenvalue weighted by Crippen LogP contribution is -2.29. The lowest BCUT2D eigenvalue weighted by Gasteiger charge is -2.17. The Hall–Kier alpha value is -1.64. The number of ether oxygens (including phenoxy) is 1. The van der Waals surface area contributed by atoms with Crippen LogP contribution in [0.1, 0.15) is 45.1 Å². The van der Waals surface area contributed by atoms with Gasteiger partial charge in [-0.2, -0.15) is 0 Å². The molecule has 0 radical (unpaired) electrons. The van der Waals surface area contributed by atoms with Crippen LogP contribution in [0, 0.1) is 6.92 Å². The van der Waals surface area contributed by atoms with Crippen LogP contribution >= 0.6 is 11.6 Å². The smallest absolute Gasteiger partial charge is 0.317 e. The molecule has 138 valence electrons. The Morgan fingerprint density at radius 2 is 1.96 bits per heavy atom. The quantitative estimate of drug-likeness (QED) is 0.790. The van der Waals surface area contributed by atoms with Gasteiger partial charge in [0.15, 0.2) is 5.82 Å². The third-order valence-corrected chi connectivity index (χ3v) is 5.72. The largest absolute Gasteiger partial charge is 0.461 e. The molecule has 9 heteroatoms. The van der Waals surface area contributed by atoms with Gasteiger partial charge in [-0.25, -0.2) is 13.1 Å². The molecular formula is C16H23ClN4O3S. The van der Waals surface area contributed by atoms with Crippen LogP contribution in [0.3, 0.4) is 0 Å². The van der Waals surface area contributed by atoms with Crippen molar-refractivity contribution >= 4 is 21.6 Å². The van der Waals surface area contributed by atoms with Crippen molar-refractivity contribution in [3.05, 3.63) is 34.6 Å². The van der Waals surface area contributed by atoms with E-state index in [1.807, 2.05) is 20.8 Å². The van der Waals surface area contributed by atoms with Gasteiger partial charge < -0.3 is 4.74 Å². The lowest BCUT2D eigenvalue weighted by atomic mass is 10.2. The second-order valence-corrected chi connectivity index (χ2v) is 8.05. The summed E-state index contributed by atoms with van der Waals surface area (Å²) in [6.07, 6.45) is -0.0524. The molecule has 0 saturated heterocycles. The fourth-order valence-electron chi connectivity index (χ4n) is 2.44. The summed E-state index contributed by atoms with van der Waals surface area (Å²) in [7, 11) is -3.76. The Kier molecular flexibility index (Phi) is 6.08. The fraction of sp³-hybridized carbons (Fsp3) is 0.500. The predicted octanol–water partition coefficient (Wildman–Crippen LogP) is 3.09. The van der Waals surface area contributed by atoms with Gasteiger partial charge >= 0.3 is 6.01 Å². The van der Waals surface area contributed by atoms with Crippen LogP contribution in [0.4, 0.5) is 0 Å². The van der Waals surface area contributed by atoms with Crippen molar-refractivity contribution < 1.29 is 13.2 Å². The van der Waals surface area contributed by atoms with Gasteiger partial charge in [0.05, 0.1) is 17.0 Å². The van der Waals surface area contributed by atoms with Crippen LogP contribution in [-0.4, -0.2) is 29.3 Å². The second kappa shape index (κ2) is 7.72. The highest BCUT2D eigenvalue weighted by atomic mass is 35.5. The SMILES string of the molecule is CCn1c(OC(C)C)nnc1[C@@H](C)NS(=O)(=O)c1cccc(Cl)c1C. The van der Waals surface area contributed by atoms with Crippen LogP contribution in [0.5, 0.6) is 6.01 Å². The topological polar surface area (TPSA) is 86.1 Å². The number of hydrogen-bond acceptors (Lipinski definition) is 5. The standard InChI is InChI=1S/C16H23ClN4O3S/c1-6-21-15(18-19-16(21)24-10(2)3)12(5)20-25(22,23)14-9-7-8-13(17)11(14)4/h7-10,12,20H,6H2,1-5H3/t12-/m1/s1. The van der Waals surface area contributed by atoms with Crippen LogP contribution in [0.25, 0.3) is 0 Å². The number of halogens is 1. The van der Waals surface area contributed by atoms with Gasteiger partial charge in [0, 0.05) is 11.6 Å². The van der Waals surface area contributed by atoms with Crippen molar-refractivity contribution in [1.82, 2.24) is 19.5 Å². The van der Waals surface area contributed by atoms with E-state index in [4.69, 9.17) is 16.3 Å². The molecule has 7 nitrogen and oxygen atoms in total. The lowest BCUT2D eigenvalue weighted by molar-refractivity contribution is 0.211. The molecule has 1 atom stereocenters. The third-order valence-electron chi connectivity index (χ3n) is 3.63. The first-order valence-electron chi connectivity index (χ1n) is 8.04. The monoisotopic (exact) mass is 386 g/mol. The van der Waals surface area contributed by atoms with Crippen molar-refractivity contribution in [1.29, 1.82) is 0 Å². The Morgan fingerprint density at radius 3 is 2.56 bits per heavy atom. The molecule has 2 rings (SSSR count). The molecule has 0 aliphatic carbocycles. The van der Waals surface area contributed by atoms with Gasteiger partial charge in [-0.05, 0) is 52.3 Å². The second-order valence-electron chi connectivity index (χ2n) is 5.96. The molecular weight excluding hydrogens is 364 g/mol. The average Bonchev–Trinajstić information content (AvgIpc) is 2.91. The summed E-state index contributed by atoms with van der Waals surface area (Å²) in [5.41, 5.74) is 0.504. The fourth-order valence-corrected chi connectivity index (χ4v) is 4.14. The molecule has 0 amide bonds. The first kappa shape index (κ1) is 19.7. The Morgan fingerprint density at radius 1 is 1.28 bits per heavy atom. The van der Waals surface area contributed by atoms with Gasteiger partial charge in [-0.1, -0.05) is 22.8 Å². The minimum Gasteiger partial charge on any atom is -0.461 e. The number of sulfonamides is 1. The van der Waals surface area contributed by atoms with Gasteiger partial charge in [0.1, 0.15) is 0 Å². The number of aromatic nitrogens is 3. The minimum atomic E-state index is -3.76. The third kappa shape index (κ3) is 4.31. The molecule has 0 bridgehead atoms. The predicted molar refractivity (Wildman–Crippen MR) is 96.4 cm³/mol. The van der Waals surface area contributed by atoms with Crippen molar-refractivity contribution in [3.8, 4) is 6.01 Å². The van der Waals surface area contributed by atoms with E-state index < -0.39 is 16.1 Å². The maximum atomic E-state index is 12.7. The zero-order valence-electron chi connectivity index (χ0n) is 14.9. The molecule has 2 aromatic rings. The molecule has 0 fully saturated rings. The Labute approximate surface area is 153 Å². The number of rotatable bonds is 7. The summed E-state index contributed by atoms with van der Waals surface area (Å²) in [6.45, 7) is 9.65. The van der Waals surface area contributed by atoms with E-state index in [1.54, 1.807) is 30.5 Å². The van der Waals surface area contributed by atoms with E-state index in [0.717, 1.165) is 0 Å². The normalized spacial score (nSPS) is 13.2. The van der Waals surface area contributed by atoms with Gasteiger partial charge in [-0.3, -0.25) is 4.57 Å². The van der Waals surface area contributed by atoms with E-state index in [1.165, 1.54) is 6.07 Å².